The molecule has 3 N–H and O–H groups in total. The van der Waals surface area contributed by atoms with Gasteiger partial charge in [0.15, 0.2) is 0 Å². The van der Waals surface area contributed by atoms with Crippen LogP contribution in [0.25, 0.3) is 0 Å². The van der Waals surface area contributed by atoms with Crippen LogP contribution in [0.15, 0.2) is 12.4 Å². The highest BCUT2D eigenvalue weighted by Gasteiger charge is 2.09. The fraction of sp³-hybridized carbons (Fsp3) is 0.571. The molecule has 0 aliphatic heterocycles. The monoisotopic (exact) mass is 155 g/mol. The van der Waals surface area contributed by atoms with Crippen LogP contribution in [0.2, 0.25) is 0 Å². The zero-order valence-electron chi connectivity index (χ0n) is 6.57. The molecular formula is C7H13N3O. The van der Waals surface area contributed by atoms with Gasteiger partial charge in [-0.05, 0) is 6.92 Å². The number of nitrogens with zero attached hydrogens (tertiary/aromatic N) is 2. The highest BCUT2D eigenvalue weighted by atomic mass is 16.3. The standard InChI is InChI=1S/C7H13N3O/c1-2-10-4-3-9-7(10)6(11)5-8/h3-4,6,11H,2,5,8H2,1H3. The molecule has 0 radical (unpaired) electrons. The van der Waals surface area contributed by atoms with Gasteiger partial charge in [-0.15, -0.1) is 0 Å². The van der Waals surface area contributed by atoms with Crippen molar-refractivity contribution in [1.29, 1.82) is 0 Å². The van der Waals surface area contributed by atoms with Gasteiger partial charge in [0.05, 0.1) is 0 Å². The summed E-state index contributed by atoms with van der Waals surface area (Å²) in [7, 11) is 0. The maximum atomic E-state index is 9.32. The maximum absolute atomic E-state index is 9.32. The van der Waals surface area contributed by atoms with Crippen LogP contribution in [-0.2, 0) is 6.54 Å². The molecular weight excluding hydrogens is 142 g/mol. The van der Waals surface area contributed by atoms with E-state index < -0.39 is 6.10 Å². The van der Waals surface area contributed by atoms with Crippen LogP contribution in [0.1, 0.15) is 18.9 Å². The molecule has 0 saturated carbocycles. The van der Waals surface area contributed by atoms with Crippen molar-refractivity contribution in [2.75, 3.05) is 6.54 Å². The van der Waals surface area contributed by atoms with Crippen LogP contribution in [0.5, 0.6) is 0 Å². The molecule has 1 aromatic rings. The fourth-order valence-corrected chi connectivity index (χ4v) is 0.991. The van der Waals surface area contributed by atoms with Crippen molar-refractivity contribution in [1.82, 2.24) is 9.55 Å². The molecule has 11 heavy (non-hydrogen) atoms. The van der Waals surface area contributed by atoms with Crippen molar-refractivity contribution < 1.29 is 5.11 Å². The Labute approximate surface area is 65.7 Å². The topological polar surface area (TPSA) is 64.1 Å². The minimum absolute atomic E-state index is 0.219. The van der Waals surface area contributed by atoms with Gasteiger partial charge in [-0.25, -0.2) is 4.98 Å². The summed E-state index contributed by atoms with van der Waals surface area (Å²) in [5, 5.41) is 9.32. The van der Waals surface area contributed by atoms with Crippen LogP contribution < -0.4 is 5.73 Å². The molecule has 1 unspecified atom stereocenters. The maximum Gasteiger partial charge on any atom is 0.138 e. The Bertz CT molecular complexity index is 221. The van der Waals surface area contributed by atoms with E-state index in [9.17, 15) is 5.11 Å². The average molecular weight is 155 g/mol. The second kappa shape index (κ2) is 3.50. The van der Waals surface area contributed by atoms with E-state index >= 15 is 0 Å². The lowest BCUT2D eigenvalue weighted by molar-refractivity contribution is 0.172. The Hall–Kier alpha value is -0.870. The summed E-state index contributed by atoms with van der Waals surface area (Å²) in [4.78, 5) is 3.99. The van der Waals surface area contributed by atoms with Crippen molar-refractivity contribution in [3.8, 4) is 0 Å². The number of nitrogens with two attached hydrogens (primary N) is 1. The largest absolute Gasteiger partial charge is 0.384 e. The SMILES string of the molecule is CCn1ccnc1C(O)CN. The van der Waals surface area contributed by atoms with Crippen LogP contribution >= 0.6 is 0 Å². The number of aliphatic hydroxyl groups is 1. The molecule has 0 spiro atoms. The molecule has 0 fully saturated rings. The molecule has 62 valence electrons. The number of hydrogen-bond donors (Lipinski definition) is 2. The number of imidazole rings is 1. The zero-order chi connectivity index (χ0) is 8.27. The van der Waals surface area contributed by atoms with Crippen molar-refractivity contribution >= 4 is 0 Å². The van der Waals surface area contributed by atoms with Crippen molar-refractivity contribution in [2.45, 2.75) is 19.6 Å². The molecule has 1 aromatic heterocycles. The summed E-state index contributed by atoms with van der Waals surface area (Å²) in [6.07, 6.45) is 2.86. The average Bonchev–Trinajstić information content (AvgIpc) is 2.50. The normalized spacial score (nSPS) is 13.4. The summed E-state index contributed by atoms with van der Waals surface area (Å²) in [6.45, 7) is 3.03. The van der Waals surface area contributed by atoms with Crippen LogP contribution in [-0.4, -0.2) is 21.2 Å². The summed E-state index contributed by atoms with van der Waals surface area (Å²) in [6, 6.07) is 0. The van der Waals surface area contributed by atoms with E-state index in [2.05, 4.69) is 4.98 Å². The quantitative estimate of drug-likeness (QED) is 0.640. The Morgan fingerprint density at radius 2 is 2.55 bits per heavy atom. The summed E-state index contributed by atoms with van der Waals surface area (Å²) >= 11 is 0. The summed E-state index contributed by atoms with van der Waals surface area (Å²) in [5.74, 6) is 0.648. The molecule has 1 rings (SSSR count). The molecule has 1 atom stereocenters. The second-order valence-corrected chi connectivity index (χ2v) is 2.32. The fourth-order valence-electron chi connectivity index (χ4n) is 0.991. The van der Waals surface area contributed by atoms with Gasteiger partial charge in [0.2, 0.25) is 0 Å². The molecule has 0 aliphatic carbocycles. The van der Waals surface area contributed by atoms with Crippen molar-refractivity contribution in [3.05, 3.63) is 18.2 Å². The number of hydrogen-bond acceptors (Lipinski definition) is 3. The predicted octanol–water partition coefficient (Wildman–Crippen LogP) is -0.105. The Morgan fingerprint density at radius 1 is 1.82 bits per heavy atom. The highest BCUT2D eigenvalue weighted by molar-refractivity contribution is 4.96. The lowest BCUT2D eigenvalue weighted by Gasteiger charge is -2.08. The van der Waals surface area contributed by atoms with E-state index in [1.807, 2.05) is 17.7 Å². The Kier molecular flexibility index (Phi) is 2.62. The summed E-state index contributed by atoms with van der Waals surface area (Å²) in [5.41, 5.74) is 5.28. The van der Waals surface area contributed by atoms with E-state index in [0.717, 1.165) is 6.54 Å². The Balaban J connectivity index is 2.83. The number of rotatable bonds is 3. The van der Waals surface area contributed by atoms with Crippen molar-refractivity contribution in [3.63, 3.8) is 0 Å². The van der Waals surface area contributed by atoms with Crippen molar-refractivity contribution in [2.24, 2.45) is 5.73 Å². The van der Waals surface area contributed by atoms with Crippen LogP contribution in [0.4, 0.5) is 0 Å². The lowest BCUT2D eigenvalue weighted by atomic mass is 10.3. The first-order valence-electron chi connectivity index (χ1n) is 3.68. The Morgan fingerprint density at radius 3 is 3.09 bits per heavy atom. The van der Waals surface area contributed by atoms with Gasteiger partial charge in [-0.3, -0.25) is 0 Å². The summed E-state index contributed by atoms with van der Waals surface area (Å²) < 4.78 is 1.87. The first-order chi connectivity index (χ1) is 5.29. The van der Waals surface area contributed by atoms with Gasteiger partial charge >= 0.3 is 0 Å². The van der Waals surface area contributed by atoms with E-state index in [1.54, 1.807) is 6.20 Å². The minimum atomic E-state index is -0.634. The van der Waals surface area contributed by atoms with E-state index in [0.29, 0.717) is 5.82 Å². The van der Waals surface area contributed by atoms with Gasteiger partial charge in [0.1, 0.15) is 11.9 Å². The molecule has 4 nitrogen and oxygen atoms in total. The first-order valence-corrected chi connectivity index (χ1v) is 3.68. The molecule has 0 saturated heterocycles. The molecule has 4 heteroatoms. The highest BCUT2D eigenvalue weighted by Crippen LogP contribution is 2.07. The number of aliphatic hydroxyl groups excluding tert-OH is 1. The second-order valence-electron chi connectivity index (χ2n) is 2.32. The number of aromatic nitrogens is 2. The molecule has 0 bridgehead atoms. The van der Waals surface area contributed by atoms with Gasteiger partial charge in [0, 0.05) is 25.5 Å². The van der Waals surface area contributed by atoms with Crippen LogP contribution in [0.3, 0.4) is 0 Å². The van der Waals surface area contributed by atoms with Crippen LogP contribution in [0, 0.1) is 0 Å². The molecule has 0 aromatic carbocycles. The molecule has 0 amide bonds. The van der Waals surface area contributed by atoms with E-state index in [1.165, 1.54) is 0 Å². The molecule has 0 aliphatic rings. The van der Waals surface area contributed by atoms with Gasteiger partial charge in [-0.2, -0.15) is 0 Å². The third-order valence-corrected chi connectivity index (χ3v) is 1.61. The van der Waals surface area contributed by atoms with Gasteiger partial charge in [-0.1, -0.05) is 0 Å². The first kappa shape index (κ1) is 8.23. The molecule has 1 heterocycles. The predicted molar refractivity (Wildman–Crippen MR) is 41.9 cm³/mol. The number of aryl methyl sites for hydroxylation is 1. The lowest BCUT2D eigenvalue weighted by Crippen LogP contribution is -2.16. The van der Waals surface area contributed by atoms with Gasteiger partial charge in [0.25, 0.3) is 0 Å². The third-order valence-electron chi connectivity index (χ3n) is 1.61. The van der Waals surface area contributed by atoms with E-state index in [4.69, 9.17) is 5.73 Å². The smallest absolute Gasteiger partial charge is 0.138 e. The third kappa shape index (κ3) is 1.58. The minimum Gasteiger partial charge on any atom is -0.384 e. The zero-order valence-corrected chi connectivity index (χ0v) is 6.57. The van der Waals surface area contributed by atoms with Gasteiger partial charge < -0.3 is 15.4 Å². The van der Waals surface area contributed by atoms with E-state index in [-0.39, 0.29) is 6.54 Å².